The molecule has 128 valence electrons. The first-order valence-electron chi connectivity index (χ1n) is 8.09. The highest BCUT2D eigenvalue weighted by Crippen LogP contribution is 2.27. The van der Waals surface area contributed by atoms with Gasteiger partial charge >= 0.3 is 0 Å². The summed E-state index contributed by atoms with van der Waals surface area (Å²) in [6.07, 6.45) is 6.41. The van der Waals surface area contributed by atoms with Crippen LogP contribution in [-0.4, -0.2) is 36.3 Å². The summed E-state index contributed by atoms with van der Waals surface area (Å²) in [5.74, 6) is -0.451. The van der Waals surface area contributed by atoms with Gasteiger partial charge in [-0.1, -0.05) is 12.1 Å². The Morgan fingerprint density at radius 1 is 1.21 bits per heavy atom. The van der Waals surface area contributed by atoms with E-state index in [2.05, 4.69) is 15.1 Å². The maximum absolute atomic E-state index is 13.8. The Kier molecular flexibility index (Phi) is 3.90. The van der Waals surface area contributed by atoms with Gasteiger partial charge in [-0.15, -0.1) is 0 Å². The predicted octanol–water partition coefficient (Wildman–Crippen LogP) is 1.57. The topological polar surface area (TPSA) is 76.0 Å². The fourth-order valence-corrected chi connectivity index (χ4v) is 4.85. The second-order valence-electron chi connectivity index (χ2n) is 6.50. The lowest BCUT2D eigenvalue weighted by Gasteiger charge is -2.29. The van der Waals surface area contributed by atoms with Crippen LogP contribution in [0.3, 0.4) is 0 Å². The monoisotopic (exact) mass is 350 g/mol. The first-order chi connectivity index (χ1) is 11.5. The highest BCUT2D eigenvalue weighted by atomic mass is 32.2. The molecule has 2 saturated heterocycles. The number of aromatic nitrogens is 2. The van der Waals surface area contributed by atoms with Gasteiger partial charge in [0.2, 0.25) is 10.0 Å². The van der Waals surface area contributed by atoms with Crippen molar-refractivity contribution in [2.24, 2.45) is 0 Å². The van der Waals surface area contributed by atoms with Gasteiger partial charge in [-0.2, -0.15) is 5.10 Å². The number of para-hydroxylation sites is 1. The summed E-state index contributed by atoms with van der Waals surface area (Å²) < 4.78 is 43.0. The Bertz CT molecular complexity index is 839. The van der Waals surface area contributed by atoms with E-state index in [1.165, 1.54) is 23.1 Å². The zero-order valence-electron chi connectivity index (χ0n) is 13.0. The molecule has 4 rings (SSSR count). The molecule has 1 aromatic carbocycles. The minimum Gasteiger partial charge on any atom is -0.311 e. The highest BCUT2D eigenvalue weighted by Gasteiger charge is 2.35. The molecule has 2 atom stereocenters. The number of hydrogen-bond acceptors (Lipinski definition) is 4. The Balaban J connectivity index is 1.54. The summed E-state index contributed by atoms with van der Waals surface area (Å²) in [7, 11) is -3.66. The molecule has 8 heteroatoms. The van der Waals surface area contributed by atoms with Crippen LogP contribution in [0.4, 0.5) is 4.39 Å². The van der Waals surface area contributed by atoms with Crippen LogP contribution >= 0.6 is 0 Å². The third kappa shape index (κ3) is 2.97. The van der Waals surface area contributed by atoms with Crippen molar-refractivity contribution in [3.63, 3.8) is 0 Å². The lowest BCUT2D eigenvalue weighted by Crippen LogP contribution is -2.47. The van der Waals surface area contributed by atoms with Crippen LogP contribution in [0.25, 0.3) is 5.69 Å². The van der Waals surface area contributed by atoms with Gasteiger partial charge in [0.15, 0.2) is 0 Å². The van der Waals surface area contributed by atoms with Gasteiger partial charge in [-0.3, -0.25) is 0 Å². The fourth-order valence-electron chi connectivity index (χ4n) is 3.66. The molecule has 0 spiro atoms. The second kappa shape index (κ2) is 5.94. The molecule has 24 heavy (non-hydrogen) atoms. The van der Waals surface area contributed by atoms with Gasteiger partial charge in [-0.25, -0.2) is 22.2 Å². The van der Waals surface area contributed by atoms with Crippen molar-refractivity contribution in [2.45, 2.75) is 48.7 Å². The number of benzene rings is 1. The lowest BCUT2D eigenvalue weighted by molar-refractivity contribution is 0.345. The molecule has 3 heterocycles. The molecule has 2 aromatic rings. The van der Waals surface area contributed by atoms with Crippen molar-refractivity contribution in [2.75, 3.05) is 0 Å². The molecular formula is C16H19FN4O2S. The average Bonchev–Trinajstić information content (AvgIpc) is 3.15. The molecule has 2 unspecified atom stereocenters. The van der Waals surface area contributed by atoms with Crippen molar-refractivity contribution in [1.82, 2.24) is 19.8 Å². The summed E-state index contributed by atoms with van der Waals surface area (Å²) in [5.41, 5.74) is 0.221. The Labute approximate surface area is 140 Å². The molecule has 0 radical (unpaired) electrons. The second-order valence-corrected chi connectivity index (χ2v) is 8.21. The van der Waals surface area contributed by atoms with E-state index < -0.39 is 15.8 Å². The van der Waals surface area contributed by atoms with E-state index in [1.807, 2.05) is 0 Å². The zero-order valence-corrected chi connectivity index (χ0v) is 13.8. The molecular weight excluding hydrogens is 331 g/mol. The Morgan fingerprint density at radius 3 is 2.62 bits per heavy atom. The highest BCUT2D eigenvalue weighted by molar-refractivity contribution is 7.89. The third-order valence-electron chi connectivity index (χ3n) is 4.76. The van der Waals surface area contributed by atoms with Crippen molar-refractivity contribution >= 4 is 10.0 Å². The number of hydrogen-bond donors (Lipinski definition) is 2. The van der Waals surface area contributed by atoms with Crippen LogP contribution in [0, 0.1) is 5.82 Å². The molecule has 2 aliphatic heterocycles. The summed E-state index contributed by atoms with van der Waals surface area (Å²) in [6.45, 7) is 0. The first kappa shape index (κ1) is 15.7. The Morgan fingerprint density at radius 2 is 1.92 bits per heavy atom. The van der Waals surface area contributed by atoms with E-state index in [1.54, 1.807) is 18.2 Å². The average molecular weight is 350 g/mol. The molecule has 6 nitrogen and oxygen atoms in total. The zero-order chi connectivity index (χ0) is 16.7. The van der Waals surface area contributed by atoms with Crippen LogP contribution in [0.2, 0.25) is 0 Å². The minimum absolute atomic E-state index is 0.0524. The van der Waals surface area contributed by atoms with E-state index in [9.17, 15) is 12.8 Å². The molecule has 0 saturated carbocycles. The van der Waals surface area contributed by atoms with Crippen LogP contribution in [0.5, 0.6) is 0 Å². The van der Waals surface area contributed by atoms with E-state index in [-0.39, 0.29) is 16.6 Å². The smallest absolute Gasteiger partial charge is 0.243 e. The van der Waals surface area contributed by atoms with Gasteiger partial charge < -0.3 is 5.32 Å². The van der Waals surface area contributed by atoms with Crippen LogP contribution in [0.15, 0.2) is 41.6 Å². The molecule has 2 bridgehead atoms. The van der Waals surface area contributed by atoms with Crippen molar-refractivity contribution in [1.29, 1.82) is 0 Å². The van der Waals surface area contributed by atoms with Gasteiger partial charge in [0.25, 0.3) is 0 Å². The van der Waals surface area contributed by atoms with Crippen LogP contribution in [0.1, 0.15) is 25.7 Å². The van der Waals surface area contributed by atoms with E-state index in [0.717, 1.165) is 25.7 Å². The summed E-state index contributed by atoms with van der Waals surface area (Å²) in [5, 5.41) is 7.48. The third-order valence-corrected chi connectivity index (χ3v) is 6.24. The van der Waals surface area contributed by atoms with Gasteiger partial charge in [0.1, 0.15) is 16.4 Å². The number of nitrogens with one attached hydrogen (secondary N) is 2. The molecule has 2 aliphatic rings. The quantitative estimate of drug-likeness (QED) is 0.878. The van der Waals surface area contributed by atoms with Crippen molar-refractivity contribution < 1.29 is 12.8 Å². The van der Waals surface area contributed by atoms with Gasteiger partial charge in [0, 0.05) is 18.1 Å². The standard InChI is InChI=1S/C16H19FN4O2S/c17-15-3-1-2-4-16(15)21-10-14(9-18-21)24(22,23)20-13-7-11-5-6-12(8-13)19-11/h1-4,9-13,19-20H,5-8H2. The number of nitrogens with zero attached hydrogens (tertiary/aromatic N) is 2. The summed E-state index contributed by atoms with van der Waals surface area (Å²) in [4.78, 5) is 0.0524. The summed E-state index contributed by atoms with van der Waals surface area (Å²) >= 11 is 0. The summed E-state index contributed by atoms with van der Waals surface area (Å²) in [6, 6.07) is 6.86. The maximum Gasteiger partial charge on any atom is 0.243 e. The number of piperidine rings is 1. The van der Waals surface area contributed by atoms with Crippen molar-refractivity contribution in [3.8, 4) is 5.69 Å². The first-order valence-corrected chi connectivity index (χ1v) is 9.57. The number of fused-ring (bicyclic) bond motifs is 2. The normalized spacial score (nSPS) is 26.6. The largest absolute Gasteiger partial charge is 0.311 e. The number of sulfonamides is 1. The minimum atomic E-state index is -3.66. The maximum atomic E-state index is 13.8. The number of halogens is 1. The predicted molar refractivity (Wildman–Crippen MR) is 86.8 cm³/mol. The SMILES string of the molecule is O=S(=O)(NC1CC2CCC(C1)N2)c1cnn(-c2ccccc2F)c1. The molecule has 1 aromatic heterocycles. The lowest BCUT2D eigenvalue weighted by atomic mass is 10.0. The van der Waals surface area contributed by atoms with Crippen LogP contribution in [-0.2, 0) is 10.0 Å². The number of rotatable bonds is 4. The molecule has 0 aliphatic carbocycles. The Hall–Kier alpha value is -1.77. The fraction of sp³-hybridized carbons (Fsp3) is 0.438. The van der Waals surface area contributed by atoms with Gasteiger partial charge in [-0.05, 0) is 37.8 Å². The van der Waals surface area contributed by atoms with E-state index in [4.69, 9.17) is 0 Å². The van der Waals surface area contributed by atoms with E-state index in [0.29, 0.717) is 12.1 Å². The molecule has 0 amide bonds. The van der Waals surface area contributed by atoms with Crippen LogP contribution < -0.4 is 10.0 Å². The van der Waals surface area contributed by atoms with Crippen molar-refractivity contribution in [3.05, 3.63) is 42.5 Å². The molecule has 2 fully saturated rings. The molecule has 2 N–H and O–H groups in total. The van der Waals surface area contributed by atoms with E-state index >= 15 is 0 Å². The van der Waals surface area contributed by atoms with Gasteiger partial charge in [0.05, 0.1) is 12.4 Å².